The minimum Gasteiger partial charge on any atom is -0.482 e. The maximum atomic E-state index is 5.63. The number of hydrogen-bond donors (Lipinski definition) is 0. The average Bonchev–Trinajstić information content (AvgIpc) is 2.02. The average molecular weight is 196 g/mol. The van der Waals surface area contributed by atoms with Crippen molar-refractivity contribution in [3.63, 3.8) is 0 Å². The van der Waals surface area contributed by atoms with Gasteiger partial charge in [-0.2, -0.15) is 0 Å². The molecule has 0 saturated carbocycles. The molecule has 0 N–H and O–H groups in total. The van der Waals surface area contributed by atoms with E-state index < -0.39 is 0 Å². The zero-order valence-corrected chi connectivity index (χ0v) is 9.49. The fourth-order valence-corrected chi connectivity index (χ4v) is 1.75. The van der Waals surface area contributed by atoms with E-state index in [1.165, 1.54) is 16.7 Å². The van der Waals surface area contributed by atoms with Gasteiger partial charge in [0.1, 0.15) is 11.7 Å². The smallest absolute Gasteiger partial charge is 0.134 e. The molecule has 13 heavy (non-hydrogen) atoms. The van der Waals surface area contributed by atoms with Crippen LogP contribution in [0.3, 0.4) is 0 Å². The third kappa shape index (κ3) is 2.66. The highest BCUT2D eigenvalue weighted by atomic mass is 32.2. The van der Waals surface area contributed by atoms with Crippen LogP contribution in [-0.2, 0) is 0 Å². The summed E-state index contributed by atoms with van der Waals surface area (Å²) in [5.41, 5.74) is 3.75. The van der Waals surface area contributed by atoms with E-state index in [2.05, 4.69) is 32.9 Å². The molecule has 0 amide bonds. The van der Waals surface area contributed by atoms with Crippen molar-refractivity contribution in [2.24, 2.45) is 0 Å². The number of benzene rings is 1. The molecule has 72 valence electrons. The van der Waals surface area contributed by atoms with Crippen LogP contribution < -0.4 is 4.74 Å². The fraction of sp³-hybridized carbons (Fsp3) is 0.455. The van der Waals surface area contributed by atoms with Gasteiger partial charge in [0.15, 0.2) is 0 Å². The molecule has 0 bridgehead atoms. The van der Waals surface area contributed by atoms with E-state index in [0.717, 1.165) is 11.7 Å². The van der Waals surface area contributed by atoms with Crippen LogP contribution in [-0.4, -0.2) is 12.2 Å². The predicted octanol–water partition coefficient (Wildman–Crippen LogP) is 3.31. The summed E-state index contributed by atoms with van der Waals surface area (Å²) >= 11 is 1.70. The van der Waals surface area contributed by atoms with Crippen molar-refractivity contribution in [3.05, 3.63) is 28.8 Å². The van der Waals surface area contributed by atoms with Crippen LogP contribution in [0, 0.1) is 20.8 Å². The number of ether oxygens (including phenoxy) is 1. The zero-order chi connectivity index (χ0) is 9.84. The van der Waals surface area contributed by atoms with Crippen LogP contribution in [0.15, 0.2) is 12.1 Å². The molecule has 1 rings (SSSR count). The summed E-state index contributed by atoms with van der Waals surface area (Å²) < 4.78 is 5.63. The molecule has 0 saturated heterocycles. The first-order valence-electron chi connectivity index (χ1n) is 4.34. The van der Waals surface area contributed by atoms with Crippen molar-refractivity contribution in [1.29, 1.82) is 0 Å². The van der Waals surface area contributed by atoms with Gasteiger partial charge >= 0.3 is 0 Å². The molecule has 0 heterocycles. The van der Waals surface area contributed by atoms with Crippen LogP contribution >= 0.6 is 11.8 Å². The molecule has 0 aliphatic carbocycles. The van der Waals surface area contributed by atoms with Crippen molar-refractivity contribution in [2.45, 2.75) is 20.8 Å². The number of hydrogen-bond acceptors (Lipinski definition) is 2. The first kappa shape index (κ1) is 10.5. The third-order valence-corrected chi connectivity index (χ3v) is 2.28. The van der Waals surface area contributed by atoms with Gasteiger partial charge in [0, 0.05) is 0 Å². The van der Waals surface area contributed by atoms with E-state index >= 15 is 0 Å². The van der Waals surface area contributed by atoms with Crippen molar-refractivity contribution < 1.29 is 4.74 Å². The van der Waals surface area contributed by atoms with E-state index in [-0.39, 0.29) is 0 Å². The second kappa shape index (κ2) is 4.56. The molecule has 0 aliphatic rings. The Balaban J connectivity index is 2.92. The lowest BCUT2D eigenvalue weighted by molar-refractivity contribution is 0.387. The Hall–Kier alpha value is -0.630. The highest BCUT2D eigenvalue weighted by Gasteiger charge is 2.03. The lowest BCUT2D eigenvalue weighted by atomic mass is 10.1. The Morgan fingerprint density at radius 3 is 2.15 bits per heavy atom. The van der Waals surface area contributed by atoms with Crippen LogP contribution in [0.2, 0.25) is 0 Å². The maximum Gasteiger partial charge on any atom is 0.134 e. The molecular formula is C11H16OS. The van der Waals surface area contributed by atoms with E-state index in [0.29, 0.717) is 0 Å². The number of thioether (sulfide) groups is 1. The minimum absolute atomic E-state index is 0.727. The molecule has 1 aromatic carbocycles. The molecule has 0 aliphatic heterocycles. The highest BCUT2D eigenvalue weighted by Crippen LogP contribution is 2.24. The van der Waals surface area contributed by atoms with Gasteiger partial charge in [-0.05, 0) is 38.2 Å². The monoisotopic (exact) mass is 196 g/mol. The first-order chi connectivity index (χ1) is 6.15. The first-order valence-corrected chi connectivity index (χ1v) is 5.74. The topological polar surface area (TPSA) is 9.23 Å². The second-order valence-electron chi connectivity index (χ2n) is 3.28. The minimum atomic E-state index is 0.727. The Labute approximate surface area is 84.5 Å². The van der Waals surface area contributed by atoms with Gasteiger partial charge in [-0.15, -0.1) is 11.8 Å². The van der Waals surface area contributed by atoms with Gasteiger partial charge in [0.2, 0.25) is 0 Å². The SMILES string of the molecule is CSCOc1c(C)cc(C)cc1C. The summed E-state index contributed by atoms with van der Waals surface area (Å²) in [6, 6.07) is 4.31. The van der Waals surface area contributed by atoms with Crippen LogP contribution in [0.4, 0.5) is 0 Å². The Kier molecular flexibility index (Phi) is 3.67. The van der Waals surface area contributed by atoms with Crippen LogP contribution in [0.25, 0.3) is 0 Å². The normalized spacial score (nSPS) is 10.2. The largest absolute Gasteiger partial charge is 0.482 e. The van der Waals surface area contributed by atoms with Crippen molar-refractivity contribution >= 4 is 11.8 Å². The fourth-order valence-electron chi connectivity index (χ4n) is 1.51. The maximum absolute atomic E-state index is 5.63. The summed E-state index contributed by atoms with van der Waals surface area (Å²) in [6.45, 7) is 6.30. The number of aryl methyl sites for hydroxylation is 3. The van der Waals surface area contributed by atoms with Gasteiger partial charge in [0.25, 0.3) is 0 Å². The second-order valence-corrected chi connectivity index (χ2v) is 4.09. The van der Waals surface area contributed by atoms with Gasteiger partial charge in [0.05, 0.1) is 0 Å². The standard InChI is InChI=1S/C11H16OS/c1-8-5-9(2)11(10(3)6-8)12-7-13-4/h5-6H,7H2,1-4H3. The molecule has 0 spiro atoms. The van der Waals surface area contributed by atoms with Gasteiger partial charge < -0.3 is 4.74 Å². The summed E-state index contributed by atoms with van der Waals surface area (Å²) in [6.07, 6.45) is 2.04. The molecule has 0 fully saturated rings. The van der Waals surface area contributed by atoms with Gasteiger partial charge in [-0.3, -0.25) is 0 Å². The predicted molar refractivity (Wildman–Crippen MR) is 59.7 cm³/mol. The van der Waals surface area contributed by atoms with Crippen molar-refractivity contribution in [2.75, 3.05) is 12.2 Å². The molecular weight excluding hydrogens is 180 g/mol. The van der Waals surface area contributed by atoms with E-state index in [1.807, 2.05) is 6.26 Å². The molecule has 0 unspecified atom stereocenters. The van der Waals surface area contributed by atoms with Crippen LogP contribution in [0.5, 0.6) is 5.75 Å². The number of rotatable bonds is 3. The lowest BCUT2D eigenvalue weighted by Gasteiger charge is -2.11. The van der Waals surface area contributed by atoms with Crippen LogP contribution in [0.1, 0.15) is 16.7 Å². The Morgan fingerprint density at radius 1 is 1.15 bits per heavy atom. The summed E-state index contributed by atoms with van der Waals surface area (Å²) in [5.74, 6) is 1.77. The van der Waals surface area contributed by atoms with Crippen molar-refractivity contribution in [1.82, 2.24) is 0 Å². The quantitative estimate of drug-likeness (QED) is 0.686. The van der Waals surface area contributed by atoms with E-state index in [4.69, 9.17) is 4.74 Å². The summed E-state index contributed by atoms with van der Waals surface area (Å²) in [7, 11) is 0. The molecule has 1 nitrogen and oxygen atoms in total. The van der Waals surface area contributed by atoms with E-state index in [9.17, 15) is 0 Å². The highest BCUT2D eigenvalue weighted by molar-refractivity contribution is 7.98. The zero-order valence-electron chi connectivity index (χ0n) is 8.68. The van der Waals surface area contributed by atoms with Gasteiger partial charge in [-0.1, -0.05) is 17.7 Å². The van der Waals surface area contributed by atoms with Crippen molar-refractivity contribution in [3.8, 4) is 5.75 Å². The molecule has 1 aromatic rings. The molecule has 0 atom stereocenters. The lowest BCUT2D eigenvalue weighted by Crippen LogP contribution is -1.97. The molecule has 0 aromatic heterocycles. The third-order valence-electron chi connectivity index (χ3n) is 1.93. The van der Waals surface area contributed by atoms with Gasteiger partial charge in [-0.25, -0.2) is 0 Å². The molecule has 0 radical (unpaired) electrons. The Morgan fingerprint density at radius 2 is 1.69 bits per heavy atom. The summed E-state index contributed by atoms with van der Waals surface area (Å²) in [4.78, 5) is 0. The van der Waals surface area contributed by atoms with E-state index in [1.54, 1.807) is 11.8 Å². The summed E-state index contributed by atoms with van der Waals surface area (Å²) in [5, 5.41) is 0. The molecule has 2 heteroatoms. The Bertz CT molecular complexity index is 271.